The average Bonchev–Trinajstić information content (AvgIpc) is 2.75. The number of thioether (sulfide) groups is 2. The van der Waals surface area contributed by atoms with Crippen molar-refractivity contribution in [3.05, 3.63) is 115 Å². The van der Waals surface area contributed by atoms with Crippen molar-refractivity contribution in [2.75, 3.05) is 0 Å². The summed E-state index contributed by atoms with van der Waals surface area (Å²) in [6.45, 7) is 0. The van der Waals surface area contributed by atoms with Crippen LogP contribution in [0.25, 0.3) is 0 Å². The molecule has 154 valence electrons. The van der Waals surface area contributed by atoms with Crippen LogP contribution in [0.1, 0.15) is 22.3 Å². The Morgan fingerprint density at radius 1 is 0.500 bits per heavy atom. The quantitative estimate of drug-likeness (QED) is 0.269. The number of nitrogens with zero attached hydrogens (tertiary/aromatic N) is 2. The zero-order valence-electron chi connectivity index (χ0n) is 16.1. The molecule has 3 aromatic carbocycles. The smallest absolute Gasteiger partial charge is 0.258 e. The van der Waals surface area contributed by atoms with E-state index in [1.165, 1.54) is 11.1 Å². The minimum atomic E-state index is -0.386. The lowest BCUT2D eigenvalue weighted by Crippen LogP contribution is -1.89. The summed E-state index contributed by atoms with van der Waals surface area (Å²) >= 11 is 3.55. The van der Waals surface area contributed by atoms with Gasteiger partial charge in [0.1, 0.15) is 0 Å². The molecule has 8 heteroatoms. The maximum absolute atomic E-state index is 10.7. The second kappa shape index (κ2) is 10.8. The lowest BCUT2D eigenvalue weighted by Gasteiger charge is -2.06. The first kappa shape index (κ1) is 21.9. The fraction of sp³-hybridized carbons (Fsp3) is 0.182. The van der Waals surface area contributed by atoms with Gasteiger partial charge in [-0.3, -0.25) is 20.2 Å². The summed E-state index contributed by atoms with van der Waals surface area (Å²) in [7, 11) is 0. The van der Waals surface area contributed by atoms with E-state index in [1.54, 1.807) is 72.1 Å². The molecule has 30 heavy (non-hydrogen) atoms. The number of non-ortho nitro benzene ring substituents is 2. The summed E-state index contributed by atoms with van der Waals surface area (Å²) in [5, 5.41) is 21.4. The van der Waals surface area contributed by atoms with Gasteiger partial charge >= 0.3 is 0 Å². The summed E-state index contributed by atoms with van der Waals surface area (Å²) in [6, 6.07) is 21.9. The number of hydrogen-bond acceptors (Lipinski definition) is 6. The van der Waals surface area contributed by atoms with Crippen molar-refractivity contribution in [1.82, 2.24) is 0 Å². The molecule has 6 nitrogen and oxygen atoms in total. The van der Waals surface area contributed by atoms with Crippen LogP contribution >= 0.6 is 23.5 Å². The van der Waals surface area contributed by atoms with Crippen LogP contribution in [-0.4, -0.2) is 9.85 Å². The van der Waals surface area contributed by atoms with Gasteiger partial charge in [-0.25, -0.2) is 0 Å². The number of nitro groups is 2. The van der Waals surface area contributed by atoms with Crippen LogP contribution in [0.3, 0.4) is 0 Å². The third-order valence-corrected chi connectivity index (χ3v) is 6.54. The van der Waals surface area contributed by atoms with Gasteiger partial charge in [0.15, 0.2) is 0 Å². The van der Waals surface area contributed by atoms with Crippen LogP contribution in [0.5, 0.6) is 0 Å². The second-order valence-electron chi connectivity index (χ2n) is 6.65. The molecule has 0 spiro atoms. The Morgan fingerprint density at radius 3 is 0.967 bits per heavy atom. The predicted octanol–water partition coefficient (Wildman–Crippen LogP) is 6.37. The van der Waals surface area contributed by atoms with Gasteiger partial charge in [0, 0.05) is 47.3 Å². The number of nitro benzene ring substituents is 2. The first-order valence-electron chi connectivity index (χ1n) is 9.21. The first-order chi connectivity index (χ1) is 14.5. The maximum Gasteiger partial charge on any atom is 0.269 e. The van der Waals surface area contributed by atoms with Crippen LogP contribution in [0.2, 0.25) is 0 Å². The Hall–Kier alpha value is -2.84. The van der Waals surface area contributed by atoms with Crippen molar-refractivity contribution in [2.24, 2.45) is 0 Å². The Bertz CT molecular complexity index is 909. The average molecular weight is 441 g/mol. The van der Waals surface area contributed by atoms with E-state index in [-0.39, 0.29) is 21.2 Å². The molecule has 0 saturated heterocycles. The number of rotatable bonds is 10. The summed E-state index contributed by atoms with van der Waals surface area (Å²) < 4.78 is 0. The molecule has 0 fully saturated rings. The third kappa shape index (κ3) is 6.60. The van der Waals surface area contributed by atoms with E-state index >= 15 is 0 Å². The van der Waals surface area contributed by atoms with Crippen LogP contribution in [-0.2, 0) is 23.0 Å². The SMILES string of the molecule is O=[N+]([O-])c1ccc(CSCc2ccc(CSCc3ccc([N+](=O)[O-])cc3)cc2)cc1. The Morgan fingerprint density at radius 2 is 0.733 bits per heavy atom. The molecule has 0 aromatic heterocycles. The Kier molecular flexibility index (Phi) is 7.87. The van der Waals surface area contributed by atoms with Crippen molar-refractivity contribution in [2.45, 2.75) is 23.0 Å². The van der Waals surface area contributed by atoms with Crippen LogP contribution < -0.4 is 0 Å². The standard InChI is InChI=1S/C22H20N2O4S2/c25-23(26)21-9-5-19(6-10-21)15-29-13-17-1-2-18(4-3-17)14-30-16-20-7-11-22(12-8-20)24(27)28/h1-12H,13-16H2. The van der Waals surface area contributed by atoms with Gasteiger partial charge in [0.05, 0.1) is 9.85 Å². The van der Waals surface area contributed by atoms with Gasteiger partial charge in [0.25, 0.3) is 11.4 Å². The lowest BCUT2D eigenvalue weighted by molar-refractivity contribution is -0.385. The van der Waals surface area contributed by atoms with E-state index < -0.39 is 0 Å². The monoisotopic (exact) mass is 440 g/mol. The first-order valence-corrected chi connectivity index (χ1v) is 11.5. The molecule has 0 unspecified atom stereocenters. The normalized spacial score (nSPS) is 10.7. The molecule has 0 aliphatic rings. The number of benzene rings is 3. The van der Waals surface area contributed by atoms with Gasteiger partial charge in [-0.05, 0) is 22.3 Å². The molecule has 3 rings (SSSR count). The maximum atomic E-state index is 10.7. The van der Waals surface area contributed by atoms with Crippen molar-refractivity contribution in [3.63, 3.8) is 0 Å². The molecule has 0 bridgehead atoms. The van der Waals surface area contributed by atoms with E-state index in [4.69, 9.17) is 0 Å². The molecule has 0 N–H and O–H groups in total. The van der Waals surface area contributed by atoms with E-state index in [0.29, 0.717) is 0 Å². The van der Waals surface area contributed by atoms with Gasteiger partial charge < -0.3 is 0 Å². The highest BCUT2D eigenvalue weighted by Crippen LogP contribution is 2.23. The zero-order valence-corrected chi connectivity index (χ0v) is 17.7. The van der Waals surface area contributed by atoms with E-state index in [9.17, 15) is 20.2 Å². The van der Waals surface area contributed by atoms with E-state index in [1.807, 2.05) is 0 Å². The fourth-order valence-electron chi connectivity index (χ4n) is 2.73. The van der Waals surface area contributed by atoms with Crippen molar-refractivity contribution < 1.29 is 9.85 Å². The summed E-state index contributed by atoms with van der Waals surface area (Å²) in [6.07, 6.45) is 0. The molecule has 0 aliphatic heterocycles. The molecule has 0 radical (unpaired) electrons. The molecule has 0 atom stereocenters. The van der Waals surface area contributed by atoms with Crippen molar-refractivity contribution in [3.8, 4) is 0 Å². The molecule has 0 heterocycles. The van der Waals surface area contributed by atoms with E-state index in [0.717, 1.165) is 34.1 Å². The molecule has 0 saturated carbocycles. The highest BCUT2D eigenvalue weighted by Gasteiger charge is 2.05. The van der Waals surface area contributed by atoms with Gasteiger partial charge in [-0.1, -0.05) is 48.5 Å². The third-order valence-electron chi connectivity index (χ3n) is 4.39. The highest BCUT2D eigenvalue weighted by atomic mass is 32.2. The lowest BCUT2D eigenvalue weighted by atomic mass is 10.2. The molecular formula is C22H20N2O4S2. The van der Waals surface area contributed by atoms with Crippen molar-refractivity contribution >= 4 is 34.9 Å². The zero-order chi connectivity index (χ0) is 21.3. The van der Waals surface area contributed by atoms with Crippen LogP contribution in [0, 0.1) is 20.2 Å². The second-order valence-corrected chi connectivity index (χ2v) is 8.62. The summed E-state index contributed by atoms with van der Waals surface area (Å²) in [5.74, 6) is 3.39. The van der Waals surface area contributed by atoms with Gasteiger partial charge in [0.2, 0.25) is 0 Å². The molecule has 0 amide bonds. The topological polar surface area (TPSA) is 86.3 Å². The van der Waals surface area contributed by atoms with Crippen LogP contribution in [0.15, 0.2) is 72.8 Å². The minimum Gasteiger partial charge on any atom is -0.258 e. The highest BCUT2D eigenvalue weighted by molar-refractivity contribution is 7.98. The molecule has 0 aliphatic carbocycles. The van der Waals surface area contributed by atoms with Gasteiger partial charge in [-0.2, -0.15) is 23.5 Å². The van der Waals surface area contributed by atoms with E-state index in [2.05, 4.69) is 24.3 Å². The predicted molar refractivity (Wildman–Crippen MR) is 123 cm³/mol. The van der Waals surface area contributed by atoms with Crippen LogP contribution in [0.4, 0.5) is 11.4 Å². The minimum absolute atomic E-state index is 0.116. The van der Waals surface area contributed by atoms with Gasteiger partial charge in [-0.15, -0.1) is 0 Å². The Balaban J connectivity index is 1.40. The van der Waals surface area contributed by atoms with Crippen molar-refractivity contribution in [1.29, 1.82) is 0 Å². The Labute approximate surface area is 183 Å². The number of hydrogen-bond donors (Lipinski definition) is 0. The fourth-order valence-corrected chi connectivity index (χ4v) is 4.65. The largest absolute Gasteiger partial charge is 0.269 e. The molecular weight excluding hydrogens is 420 g/mol. The summed E-state index contributed by atoms with van der Waals surface area (Å²) in [5.41, 5.74) is 4.86. The molecule has 3 aromatic rings. The summed E-state index contributed by atoms with van der Waals surface area (Å²) in [4.78, 5) is 20.6.